The van der Waals surface area contributed by atoms with Crippen molar-refractivity contribution in [3.05, 3.63) is 65.6 Å². The molecule has 0 bridgehead atoms. The van der Waals surface area contributed by atoms with Crippen LogP contribution in [-0.4, -0.2) is 39.0 Å². The molecule has 0 spiro atoms. The summed E-state index contributed by atoms with van der Waals surface area (Å²) in [6, 6.07) is 11.7. The highest BCUT2D eigenvalue weighted by Gasteiger charge is 2.16. The van der Waals surface area contributed by atoms with Crippen LogP contribution in [-0.2, 0) is 17.9 Å². The maximum atomic E-state index is 12.5. The number of nitrogens with one attached hydrogen (secondary N) is 1. The lowest BCUT2D eigenvalue weighted by Gasteiger charge is -2.11. The van der Waals surface area contributed by atoms with E-state index in [0.29, 0.717) is 44.0 Å². The van der Waals surface area contributed by atoms with E-state index in [0.717, 1.165) is 33.7 Å². The molecule has 8 heteroatoms. The largest absolute Gasteiger partial charge is 0.493 e. The molecule has 4 aromatic rings. The Morgan fingerprint density at radius 3 is 2.65 bits per heavy atom. The number of pyridine rings is 1. The van der Waals surface area contributed by atoms with Crippen LogP contribution in [0.3, 0.4) is 0 Å². The lowest BCUT2D eigenvalue weighted by molar-refractivity contribution is -0.121. The fourth-order valence-electron chi connectivity index (χ4n) is 4.08. The molecule has 3 heterocycles. The van der Waals surface area contributed by atoms with Crippen LogP contribution < -0.4 is 14.8 Å². The number of ether oxygens (including phenoxy) is 2. The number of benzene rings is 1. The van der Waals surface area contributed by atoms with Gasteiger partial charge in [-0.1, -0.05) is 6.07 Å². The number of nitrogens with zero attached hydrogens (tertiary/aromatic N) is 4. The molecule has 0 aliphatic rings. The topological polar surface area (TPSA) is 83.2 Å². The molecular weight excluding hydrogens is 430 g/mol. The first-order valence-electron chi connectivity index (χ1n) is 11.5. The maximum Gasteiger partial charge on any atom is 0.220 e. The van der Waals surface area contributed by atoms with Gasteiger partial charge in [-0.15, -0.1) is 0 Å². The van der Waals surface area contributed by atoms with Gasteiger partial charge in [-0.05, 0) is 68.7 Å². The molecule has 0 unspecified atom stereocenters. The van der Waals surface area contributed by atoms with Crippen LogP contribution in [0.4, 0.5) is 0 Å². The summed E-state index contributed by atoms with van der Waals surface area (Å²) in [4.78, 5) is 17.2. The molecule has 34 heavy (non-hydrogen) atoms. The Kier molecular flexibility index (Phi) is 7.15. The van der Waals surface area contributed by atoms with Crippen molar-refractivity contribution in [1.29, 1.82) is 0 Å². The van der Waals surface area contributed by atoms with Crippen molar-refractivity contribution in [2.45, 2.75) is 46.7 Å². The Bertz CT molecular complexity index is 1280. The predicted octanol–water partition coefficient (Wildman–Crippen LogP) is 4.34. The second kappa shape index (κ2) is 10.4. The number of hydrogen-bond donors (Lipinski definition) is 1. The third kappa shape index (κ3) is 5.06. The van der Waals surface area contributed by atoms with E-state index in [2.05, 4.69) is 18.3 Å². The lowest BCUT2D eigenvalue weighted by atomic mass is 10.1. The van der Waals surface area contributed by atoms with Crippen LogP contribution in [0.1, 0.15) is 36.6 Å². The first kappa shape index (κ1) is 23.4. The van der Waals surface area contributed by atoms with E-state index >= 15 is 0 Å². The summed E-state index contributed by atoms with van der Waals surface area (Å²) in [5, 5.41) is 8.86. The Hall–Kier alpha value is -3.81. The van der Waals surface area contributed by atoms with Gasteiger partial charge in [0.25, 0.3) is 0 Å². The fourth-order valence-corrected chi connectivity index (χ4v) is 4.08. The highest BCUT2D eigenvalue weighted by molar-refractivity contribution is 5.87. The Labute approximate surface area is 199 Å². The van der Waals surface area contributed by atoms with Crippen molar-refractivity contribution in [2.24, 2.45) is 0 Å². The van der Waals surface area contributed by atoms with E-state index in [-0.39, 0.29) is 5.91 Å². The molecule has 0 aliphatic carbocycles. The van der Waals surface area contributed by atoms with Crippen molar-refractivity contribution < 1.29 is 14.3 Å². The van der Waals surface area contributed by atoms with Crippen molar-refractivity contribution in [3.63, 3.8) is 0 Å². The molecule has 0 radical (unpaired) electrons. The quantitative estimate of drug-likeness (QED) is 0.380. The van der Waals surface area contributed by atoms with Gasteiger partial charge >= 0.3 is 0 Å². The fraction of sp³-hybridized carbons (Fsp3) is 0.346. The number of amides is 1. The monoisotopic (exact) mass is 461 g/mol. The smallest absolute Gasteiger partial charge is 0.220 e. The number of carbonyl (C=O) groups excluding carboxylic acids is 1. The third-order valence-electron chi connectivity index (χ3n) is 5.65. The van der Waals surface area contributed by atoms with Crippen molar-refractivity contribution in [1.82, 2.24) is 24.6 Å². The van der Waals surface area contributed by atoms with Gasteiger partial charge in [-0.25, -0.2) is 9.67 Å². The summed E-state index contributed by atoms with van der Waals surface area (Å²) in [6.07, 6.45) is 5.03. The Balaban J connectivity index is 1.39. The first-order chi connectivity index (χ1) is 16.5. The van der Waals surface area contributed by atoms with Crippen LogP contribution >= 0.6 is 0 Å². The third-order valence-corrected chi connectivity index (χ3v) is 5.65. The molecule has 0 saturated heterocycles. The minimum atomic E-state index is -0.00353. The van der Waals surface area contributed by atoms with Crippen LogP contribution in [0, 0.1) is 13.8 Å². The number of carbonyl (C=O) groups is 1. The standard InChI is InChI=1S/C26H31N5O3/c1-5-34-22-16-20(10-11-21(22)33-4)17-27-23(32)9-8-14-31-25-24(18(2)15-19(3)28-25)26(29-31)30-12-6-7-13-30/h6-7,10-13,15-16H,5,8-9,14,17H2,1-4H3,(H,27,32). The summed E-state index contributed by atoms with van der Waals surface area (Å²) in [5.74, 6) is 2.22. The summed E-state index contributed by atoms with van der Waals surface area (Å²) in [7, 11) is 1.61. The average Bonchev–Trinajstić information content (AvgIpc) is 3.47. The molecule has 8 nitrogen and oxygen atoms in total. The van der Waals surface area contributed by atoms with Crippen LogP contribution in [0.2, 0.25) is 0 Å². The lowest BCUT2D eigenvalue weighted by Crippen LogP contribution is -2.23. The summed E-state index contributed by atoms with van der Waals surface area (Å²) < 4.78 is 14.8. The van der Waals surface area contributed by atoms with E-state index in [1.165, 1.54) is 0 Å². The Morgan fingerprint density at radius 1 is 1.12 bits per heavy atom. The van der Waals surface area contributed by atoms with Gasteiger partial charge < -0.3 is 19.4 Å². The predicted molar refractivity (Wildman–Crippen MR) is 132 cm³/mol. The first-order valence-corrected chi connectivity index (χ1v) is 11.5. The molecule has 0 fully saturated rings. The minimum absolute atomic E-state index is 0.00353. The molecule has 0 aliphatic heterocycles. The normalized spacial score (nSPS) is 11.1. The summed E-state index contributed by atoms with van der Waals surface area (Å²) in [5.41, 5.74) is 3.90. The van der Waals surface area contributed by atoms with E-state index in [1.54, 1.807) is 7.11 Å². The van der Waals surface area contributed by atoms with Crippen LogP contribution in [0.15, 0.2) is 48.8 Å². The van der Waals surface area contributed by atoms with Crippen LogP contribution in [0.25, 0.3) is 16.9 Å². The molecule has 0 atom stereocenters. The highest BCUT2D eigenvalue weighted by Crippen LogP contribution is 2.28. The average molecular weight is 462 g/mol. The van der Waals surface area contributed by atoms with Crippen LogP contribution in [0.5, 0.6) is 11.5 Å². The van der Waals surface area contributed by atoms with Gasteiger partial charge in [0.1, 0.15) is 0 Å². The number of rotatable bonds is 10. The van der Waals surface area contributed by atoms with E-state index in [4.69, 9.17) is 19.6 Å². The molecule has 3 aromatic heterocycles. The zero-order valence-electron chi connectivity index (χ0n) is 20.2. The van der Waals surface area contributed by atoms with Gasteiger partial charge in [-0.3, -0.25) is 4.79 Å². The maximum absolute atomic E-state index is 12.5. The van der Waals surface area contributed by atoms with Gasteiger partial charge in [0.2, 0.25) is 5.91 Å². The van der Waals surface area contributed by atoms with Crippen molar-refractivity contribution in [2.75, 3.05) is 13.7 Å². The number of hydrogen-bond acceptors (Lipinski definition) is 5. The molecule has 178 valence electrons. The van der Waals surface area contributed by atoms with Gasteiger partial charge in [0, 0.05) is 37.6 Å². The zero-order valence-corrected chi connectivity index (χ0v) is 20.2. The molecule has 1 amide bonds. The van der Waals surface area contributed by atoms with E-state index in [1.807, 2.05) is 65.8 Å². The van der Waals surface area contributed by atoms with Gasteiger partial charge in [-0.2, -0.15) is 5.10 Å². The SMILES string of the molecule is CCOc1cc(CNC(=O)CCCn2nc(-n3cccc3)c3c(C)cc(C)nc32)ccc1OC. The number of aromatic nitrogens is 4. The number of aryl methyl sites for hydroxylation is 3. The number of methoxy groups -OCH3 is 1. The van der Waals surface area contributed by atoms with Crippen molar-refractivity contribution >= 4 is 16.9 Å². The van der Waals surface area contributed by atoms with E-state index < -0.39 is 0 Å². The molecule has 0 saturated carbocycles. The van der Waals surface area contributed by atoms with Gasteiger partial charge in [0.05, 0.1) is 19.1 Å². The zero-order chi connectivity index (χ0) is 24.1. The second-order valence-electron chi connectivity index (χ2n) is 8.21. The minimum Gasteiger partial charge on any atom is -0.493 e. The van der Waals surface area contributed by atoms with Gasteiger partial charge in [0.15, 0.2) is 23.0 Å². The molecule has 4 rings (SSSR count). The second-order valence-corrected chi connectivity index (χ2v) is 8.21. The summed E-state index contributed by atoms with van der Waals surface area (Å²) in [6.45, 7) is 7.59. The van der Waals surface area contributed by atoms with Crippen molar-refractivity contribution in [3.8, 4) is 17.3 Å². The summed E-state index contributed by atoms with van der Waals surface area (Å²) >= 11 is 0. The molecule has 1 N–H and O–H groups in total. The molecular formula is C26H31N5O3. The Morgan fingerprint density at radius 2 is 1.91 bits per heavy atom. The number of fused-ring (bicyclic) bond motifs is 1. The highest BCUT2D eigenvalue weighted by atomic mass is 16.5. The van der Waals surface area contributed by atoms with E-state index in [9.17, 15) is 4.79 Å². The molecule has 1 aromatic carbocycles.